The van der Waals surface area contributed by atoms with E-state index in [9.17, 15) is 4.79 Å². The zero-order chi connectivity index (χ0) is 15.0. The van der Waals surface area contributed by atoms with Crippen molar-refractivity contribution in [3.63, 3.8) is 0 Å². The van der Waals surface area contributed by atoms with Crippen LogP contribution in [0, 0.1) is 8.99 Å². The summed E-state index contributed by atoms with van der Waals surface area (Å²) in [6, 6.07) is 0. The lowest BCUT2D eigenvalue weighted by Crippen LogP contribution is -2.39. The van der Waals surface area contributed by atoms with Gasteiger partial charge in [0.15, 0.2) is 0 Å². The third kappa shape index (κ3) is 2.93. The smallest absolute Gasteiger partial charge is 0.264 e. The summed E-state index contributed by atoms with van der Waals surface area (Å²) < 4.78 is 6.51. The fourth-order valence-corrected chi connectivity index (χ4v) is 3.46. The summed E-state index contributed by atoms with van der Waals surface area (Å²) in [5.41, 5.74) is 0.738. The average molecular weight is 390 g/mol. The van der Waals surface area contributed by atoms with E-state index in [1.54, 1.807) is 7.11 Å². The molecule has 2 rings (SSSR count). The van der Waals surface area contributed by atoms with Gasteiger partial charge >= 0.3 is 0 Å². The van der Waals surface area contributed by atoms with Crippen molar-refractivity contribution in [2.45, 2.75) is 58.5 Å². The Hall–Kier alpha value is -0.430. The van der Waals surface area contributed by atoms with Crippen LogP contribution < -0.4 is 5.56 Å². The highest BCUT2D eigenvalue weighted by atomic mass is 127. The van der Waals surface area contributed by atoms with Gasteiger partial charge in [-0.25, -0.2) is 4.98 Å². The summed E-state index contributed by atoms with van der Waals surface area (Å²) in [6.07, 6.45) is 4.74. The van der Waals surface area contributed by atoms with Crippen LogP contribution in [0.5, 0.6) is 0 Å². The first kappa shape index (κ1) is 15.9. The second-order valence-electron chi connectivity index (χ2n) is 6.39. The van der Waals surface area contributed by atoms with Crippen molar-refractivity contribution < 1.29 is 4.74 Å². The molecule has 20 heavy (non-hydrogen) atoms. The molecule has 0 saturated heterocycles. The number of hydrogen-bond acceptors (Lipinski definition) is 3. The molecule has 1 aromatic heterocycles. The highest BCUT2D eigenvalue weighted by Gasteiger charge is 2.42. The Kier molecular flexibility index (Phi) is 4.59. The Labute approximate surface area is 133 Å². The van der Waals surface area contributed by atoms with Crippen LogP contribution >= 0.6 is 22.6 Å². The van der Waals surface area contributed by atoms with E-state index in [1.165, 1.54) is 0 Å². The molecule has 1 aromatic rings. The second-order valence-corrected chi connectivity index (χ2v) is 7.47. The highest BCUT2D eigenvalue weighted by Crippen LogP contribution is 2.45. The average Bonchev–Trinajstić information content (AvgIpc) is 2.42. The Morgan fingerprint density at radius 1 is 1.30 bits per heavy atom. The molecular formula is C15H23IN2O2. The molecule has 4 nitrogen and oxygen atoms in total. The van der Waals surface area contributed by atoms with Crippen molar-refractivity contribution >= 4 is 22.6 Å². The van der Waals surface area contributed by atoms with Gasteiger partial charge in [0.25, 0.3) is 5.56 Å². The topological polar surface area (TPSA) is 55.0 Å². The molecule has 5 heteroatoms. The van der Waals surface area contributed by atoms with Crippen molar-refractivity contribution in [3.05, 3.63) is 25.4 Å². The van der Waals surface area contributed by atoms with Crippen molar-refractivity contribution in [1.82, 2.24) is 9.97 Å². The van der Waals surface area contributed by atoms with E-state index in [-0.39, 0.29) is 5.56 Å². The molecule has 0 unspecified atom stereocenters. The van der Waals surface area contributed by atoms with E-state index in [0.29, 0.717) is 14.8 Å². The quantitative estimate of drug-likeness (QED) is 0.806. The van der Waals surface area contributed by atoms with Gasteiger partial charge in [0, 0.05) is 7.11 Å². The number of halogens is 1. The summed E-state index contributed by atoms with van der Waals surface area (Å²) in [5, 5.41) is 0. The van der Waals surface area contributed by atoms with E-state index in [1.807, 2.05) is 6.92 Å². The van der Waals surface area contributed by atoms with Crippen LogP contribution in [0.15, 0.2) is 4.79 Å². The predicted molar refractivity (Wildman–Crippen MR) is 87.9 cm³/mol. The molecule has 112 valence electrons. The van der Waals surface area contributed by atoms with Crippen LogP contribution in [0.4, 0.5) is 0 Å². The fraction of sp³-hybridized carbons (Fsp3) is 0.733. The summed E-state index contributed by atoms with van der Waals surface area (Å²) in [5.74, 6) is 0.706. The number of ether oxygens (including phenoxy) is 1. The lowest BCUT2D eigenvalue weighted by atomic mass is 9.70. The van der Waals surface area contributed by atoms with Crippen LogP contribution in [0.2, 0.25) is 0 Å². The second kappa shape index (κ2) is 5.75. The van der Waals surface area contributed by atoms with Crippen molar-refractivity contribution in [2.24, 2.45) is 5.41 Å². The molecule has 0 aliphatic heterocycles. The normalized spacial score (nSPS) is 20.9. The summed E-state index contributed by atoms with van der Waals surface area (Å²) in [4.78, 5) is 19.7. The van der Waals surface area contributed by atoms with Gasteiger partial charge in [0.2, 0.25) is 0 Å². The predicted octanol–water partition coefficient (Wildman–Crippen LogP) is 3.38. The van der Waals surface area contributed by atoms with Gasteiger partial charge in [-0.05, 0) is 60.1 Å². The van der Waals surface area contributed by atoms with Crippen molar-refractivity contribution in [2.75, 3.05) is 7.11 Å². The number of nitrogens with one attached hydrogen (secondary N) is 1. The molecule has 1 N–H and O–H groups in total. The number of H-pyrrole nitrogens is 1. The van der Waals surface area contributed by atoms with Crippen LogP contribution in [0.25, 0.3) is 0 Å². The first-order chi connectivity index (χ1) is 9.33. The molecule has 1 fully saturated rings. The molecule has 0 atom stereocenters. The molecular weight excluding hydrogens is 367 g/mol. The Morgan fingerprint density at radius 3 is 2.40 bits per heavy atom. The zero-order valence-corrected chi connectivity index (χ0v) is 14.8. The summed E-state index contributed by atoms with van der Waals surface area (Å²) >= 11 is 2.07. The standard InChI is InChI=1S/C15H23IN2O2/c1-5-10-11(16)12(19)18-13(17-10)15(20-4)8-6-14(2,3)7-9-15/h5-9H2,1-4H3,(H,17,18,19). The molecule has 0 aromatic carbocycles. The number of methoxy groups -OCH3 is 1. The van der Waals surface area contributed by atoms with Gasteiger partial charge < -0.3 is 9.72 Å². The Bertz CT molecular complexity index is 541. The zero-order valence-electron chi connectivity index (χ0n) is 12.7. The SMILES string of the molecule is CCc1nc(C2(OC)CCC(C)(C)CC2)[nH]c(=O)c1I. The number of aromatic nitrogens is 2. The maximum absolute atomic E-state index is 12.1. The number of aryl methyl sites for hydroxylation is 1. The molecule has 0 spiro atoms. The maximum Gasteiger partial charge on any atom is 0.264 e. The Balaban J connectivity index is 2.43. The molecule has 0 bridgehead atoms. The lowest BCUT2D eigenvalue weighted by molar-refractivity contribution is -0.0732. The van der Waals surface area contributed by atoms with Crippen LogP contribution in [-0.2, 0) is 16.8 Å². The molecule has 0 amide bonds. The number of nitrogens with zero attached hydrogens (tertiary/aromatic N) is 1. The van der Waals surface area contributed by atoms with Crippen molar-refractivity contribution in [3.8, 4) is 0 Å². The summed E-state index contributed by atoms with van der Waals surface area (Å²) in [6.45, 7) is 6.60. The van der Waals surface area contributed by atoms with Crippen LogP contribution in [0.3, 0.4) is 0 Å². The number of aromatic amines is 1. The molecule has 1 aliphatic rings. The van der Waals surface area contributed by atoms with Crippen molar-refractivity contribution in [1.29, 1.82) is 0 Å². The van der Waals surface area contributed by atoms with E-state index in [0.717, 1.165) is 37.8 Å². The largest absolute Gasteiger partial charge is 0.370 e. The van der Waals surface area contributed by atoms with Crippen LogP contribution in [-0.4, -0.2) is 17.1 Å². The molecule has 1 heterocycles. The van der Waals surface area contributed by atoms with Crippen LogP contribution in [0.1, 0.15) is 58.0 Å². The van der Waals surface area contributed by atoms with Gasteiger partial charge in [-0.15, -0.1) is 0 Å². The van der Waals surface area contributed by atoms with E-state index < -0.39 is 5.60 Å². The van der Waals surface area contributed by atoms with E-state index in [4.69, 9.17) is 4.74 Å². The minimum Gasteiger partial charge on any atom is -0.370 e. The molecule has 1 aliphatic carbocycles. The monoisotopic (exact) mass is 390 g/mol. The van der Waals surface area contributed by atoms with E-state index in [2.05, 4.69) is 46.4 Å². The van der Waals surface area contributed by atoms with Gasteiger partial charge in [0.05, 0.1) is 9.26 Å². The van der Waals surface area contributed by atoms with Gasteiger partial charge in [-0.2, -0.15) is 0 Å². The van der Waals surface area contributed by atoms with E-state index >= 15 is 0 Å². The lowest BCUT2D eigenvalue weighted by Gasteiger charge is -2.41. The first-order valence-electron chi connectivity index (χ1n) is 7.18. The Morgan fingerprint density at radius 2 is 1.90 bits per heavy atom. The summed E-state index contributed by atoms with van der Waals surface area (Å²) in [7, 11) is 1.72. The number of rotatable bonds is 3. The van der Waals surface area contributed by atoms with Gasteiger partial charge in [-0.3, -0.25) is 4.79 Å². The van der Waals surface area contributed by atoms with Gasteiger partial charge in [-0.1, -0.05) is 20.8 Å². The van der Waals surface area contributed by atoms with Gasteiger partial charge in [0.1, 0.15) is 11.4 Å². The number of hydrogen-bond donors (Lipinski definition) is 1. The molecule has 0 radical (unpaired) electrons. The fourth-order valence-electron chi connectivity index (χ4n) is 2.82. The minimum absolute atomic E-state index is 0.0475. The highest BCUT2D eigenvalue weighted by molar-refractivity contribution is 14.1. The molecule has 1 saturated carbocycles. The third-order valence-corrected chi connectivity index (χ3v) is 5.61. The minimum atomic E-state index is -0.428. The first-order valence-corrected chi connectivity index (χ1v) is 8.26. The maximum atomic E-state index is 12.1. The third-order valence-electron chi connectivity index (χ3n) is 4.50.